The largest absolute Gasteiger partial charge is 0.495 e. The molecule has 0 bridgehead atoms. The number of likely N-dealkylation sites (N-methyl/N-ethyl adjacent to an activating group) is 1. The molecule has 1 N–H and O–H groups in total. The maximum atomic E-state index is 12.3. The molecular weight excluding hydrogens is 304 g/mol. The molecule has 1 heterocycles. The number of para-hydroxylation sites is 2. The van der Waals surface area contributed by atoms with Crippen molar-refractivity contribution in [2.75, 3.05) is 30.4 Å². The van der Waals surface area contributed by atoms with E-state index in [-0.39, 0.29) is 12.5 Å². The third kappa shape index (κ3) is 4.02. The van der Waals surface area contributed by atoms with Crippen molar-refractivity contribution >= 4 is 17.4 Å². The van der Waals surface area contributed by atoms with E-state index in [9.17, 15) is 4.79 Å². The Morgan fingerprint density at radius 1 is 1.33 bits per heavy atom. The summed E-state index contributed by atoms with van der Waals surface area (Å²) in [6.07, 6.45) is 0. The number of amides is 1. The van der Waals surface area contributed by atoms with Crippen LogP contribution < -0.4 is 15.0 Å². The molecule has 1 aromatic carbocycles. The van der Waals surface area contributed by atoms with E-state index in [1.165, 1.54) is 0 Å². The lowest BCUT2D eigenvalue weighted by atomic mass is 10.2. The molecule has 6 heteroatoms. The fourth-order valence-electron chi connectivity index (χ4n) is 2.27. The summed E-state index contributed by atoms with van der Waals surface area (Å²) < 4.78 is 5.23. The van der Waals surface area contributed by atoms with E-state index in [2.05, 4.69) is 16.4 Å². The highest BCUT2D eigenvalue weighted by molar-refractivity contribution is 5.95. The van der Waals surface area contributed by atoms with Gasteiger partial charge in [0, 0.05) is 6.54 Å². The van der Waals surface area contributed by atoms with Gasteiger partial charge >= 0.3 is 0 Å². The third-order valence-corrected chi connectivity index (χ3v) is 3.61. The Hall–Kier alpha value is -3.07. The number of carbonyl (C=O) groups excluding carboxylic acids is 1. The van der Waals surface area contributed by atoms with Crippen LogP contribution in [0.4, 0.5) is 11.5 Å². The molecule has 124 valence electrons. The molecule has 0 atom stereocenters. The van der Waals surface area contributed by atoms with Gasteiger partial charge in [0.05, 0.1) is 19.3 Å². The highest BCUT2D eigenvalue weighted by Crippen LogP contribution is 2.23. The number of methoxy groups -OCH3 is 1. The Kier molecular flexibility index (Phi) is 5.74. The second-order valence-electron chi connectivity index (χ2n) is 5.21. The van der Waals surface area contributed by atoms with Crippen molar-refractivity contribution in [3.8, 4) is 11.8 Å². The molecule has 0 aliphatic heterocycles. The standard InChI is InChI=1S/C18H20N4O2/c1-4-22(17-10-9-13(2)15(11-19)20-17)12-18(23)21-14-7-5-6-8-16(14)24-3/h5-10H,4,12H2,1-3H3,(H,21,23). The lowest BCUT2D eigenvalue weighted by molar-refractivity contribution is -0.115. The fraction of sp³-hybridized carbons (Fsp3) is 0.278. The molecule has 0 radical (unpaired) electrons. The highest BCUT2D eigenvalue weighted by Gasteiger charge is 2.14. The van der Waals surface area contributed by atoms with Gasteiger partial charge in [0.25, 0.3) is 0 Å². The molecule has 6 nitrogen and oxygen atoms in total. The van der Waals surface area contributed by atoms with Gasteiger partial charge in [-0.25, -0.2) is 4.98 Å². The van der Waals surface area contributed by atoms with E-state index in [1.54, 1.807) is 19.2 Å². The number of carbonyl (C=O) groups is 1. The highest BCUT2D eigenvalue weighted by atomic mass is 16.5. The summed E-state index contributed by atoms with van der Waals surface area (Å²) in [7, 11) is 1.56. The van der Waals surface area contributed by atoms with Crippen LogP contribution in [0.5, 0.6) is 5.75 Å². The van der Waals surface area contributed by atoms with Crippen molar-refractivity contribution in [2.24, 2.45) is 0 Å². The van der Waals surface area contributed by atoms with E-state index in [0.29, 0.717) is 29.5 Å². The summed E-state index contributed by atoms with van der Waals surface area (Å²) in [6, 6.07) is 13.0. The van der Waals surface area contributed by atoms with Gasteiger partial charge in [-0.3, -0.25) is 4.79 Å². The van der Waals surface area contributed by atoms with Gasteiger partial charge in [0.2, 0.25) is 5.91 Å². The summed E-state index contributed by atoms with van der Waals surface area (Å²) in [4.78, 5) is 18.5. The first-order chi connectivity index (χ1) is 11.6. The van der Waals surface area contributed by atoms with Crippen molar-refractivity contribution in [1.29, 1.82) is 5.26 Å². The predicted octanol–water partition coefficient (Wildman–Crippen LogP) is 2.74. The maximum Gasteiger partial charge on any atom is 0.244 e. The minimum absolute atomic E-state index is 0.134. The molecule has 0 saturated carbocycles. The van der Waals surface area contributed by atoms with E-state index < -0.39 is 0 Å². The Balaban J connectivity index is 2.12. The number of rotatable bonds is 6. The molecule has 1 aromatic heterocycles. The zero-order valence-corrected chi connectivity index (χ0v) is 14.0. The second kappa shape index (κ2) is 7.97. The first kappa shape index (κ1) is 17.3. The number of ether oxygens (including phenoxy) is 1. The lowest BCUT2D eigenvalue weighted by Gasteiger charge is -2.22. The van der Waals surface area contributed by atoms with Crippen molar-refractivity contribution in [3.63, 3.8) is 0 Å². The number of nitrogens with zero attached hydrogens (tertiary/aromatic N) is 3. The molecule has 0 unspecified atom stereocenters. The first-order valence-electron chi connectivity index (χ1n) is 7.64. The van der Waals surface area contributed by atoms with E-state index in [1.807, 2.05) is 43.0 Å². The number of aromatic nitrogens is 1. The average Bonchev–Trinajstić information content (AvgIpc) is 2.60. The summed E-state index contributed by atoms with van der Waals surface area (Å²) in [5.41, 5.74) is 1.81. The van der Waals surface area contributed by atoms with Crippen LogP contribution in [0.25, 0.3) is 0 Å². The van der Waals surface area contributed by atoms with Crippen LogP contribution in [0.2, 0.25) is 0 Å². The summed E-state index contributed by atoms with van der Waals surface area (Å²) >= 11 is 0. The predicted molar refractivity (Wildman–Crippen MR) is 93.2 cm³/mol. The van der Waals surface area contributed by atoms with Crippen LogP contribution in [-0.2, 0) is 4.79 Å². The number of aryl methyl sites for hydroxylation is 1. The van der Waals surface area contributed by atoms with Gasteiger partial charge in [-0.05, 0) is 37.6 Å². The van der Waals surface area contributed by atoms with Gasteiger partial charge in [-0.1, -0.05) is 18.2 Å². The number of benzene rings is 1. The molecule has 1 amide bonds. The molecule has 0 aliphatic carbocycles. The molecule has 0 aliphatic rings. The van der Waals surface area contributed by atoms with Crippen molar-refractivity contribution in [3.05, 3.63) is 47.7 Å². The van der Waals surface area contributed by atoms with Crippen molar-refractivity contribution in [2.45, 2.75) is 13.8 Å². The summed E-state index contributed by atoms with van der Waals surface area (Å²) in [5, 5.41) is 11.9. The lowest BCUT2D eigenvalue weighted by Crippen LogP contribution is -2.33. The SMILES string of the molecule is CCN(CC(=O)Nc1ccccc1OC)c1ccc(C)c(C#N)n1. The van der Waals surface area contributed by atoms with Crippen molar-refractivity contribution < 1.29 is 9.53 Å². The van der Waals surface area contributed by atoms with Gasteiger partial charge in [0.15, 0.2) is 0 Å². The van der Waals surface area contributed by atoms with Crippen LogP contribution in [0.1, 0.15) is 18.2 Å². The molecule has 0 spiro atoms. The van der Waals surface area contributed by atoms with Crippen LogP contribution >= 0.6 is 0 Å². The fourth-order valence-corrected chi connectivity index (χ4v) is 2.27. The summed E-state index contributed by atoms with van der Waals surface area (Å²) in [6.45, 7) is 4.50. The first-order valence-corrected chi connectivity index (χ1v) is 7.64. The number of pyridine rings is 1. The molecular formula is C18H20N4O2. The molecule has 0 fully saturated rings. The smallest absolute Gasteiger partial charge is 0.244 e. The van der Waals surface area contributed by atoms with E-state index in [0.717, 1.165) is 5.56 Å². The zero-order chi connectivity index (χ0) is 17.5. The van der Waals surface area contributed by atoms with Gasteiger partial charge < -0.3 is 15.0 Å². The number of hydrogen-bond donors (Lipinski definition) is 1. The quantitative estimate of drug-likeness (QED) is 0.884. The normalized spacial score (nSPS) is 9.92. The molecule has 24 heavy (non-hydrogen) atoms. The monoisotopic (exact) mass is 324 g/mol. The van der Waals surface area contributed by atoms with Crippen LogP contribution in [0.3, 0.4) is 0 Å². The third-order valence-electron chi connectivity index (χ3n) is 3.61. The number of nitriles is 1. The van der Waals surface area contributed by atoms with E-state index >= 15 is 0 Å². The average molecular weight is 324 g/mol. The second-order valence-corrected chi connectivity index (χ2v) is 5.21. The topological polar surface area (TPSA) is 78.3 Å². The molecule has 2 rings (SSSR count). The molecule has 0 saturated heterocycles. The van der Waals surface area contributed by atoms with Gasteiger partial charge in [0.1, 0.15) is 23.3 Å². The van der Waals surface area contributed by atoms with Crippen molar-refractivity contribution in [1.82, 2.24) is 4.98 Å². The Labute approximate surface area is 141 Å². The molecule has 2 aromatic rings. The Morgan fingerprint density at radius 2 is 2.08 bits per heavy atom. The van der Waals surface area contributed by atoms with Crippen LogP contribution in [0.15, 0.2) is 36.4 Å². The van der Waals surface area contributed by atoms with Gasteiger partial charge in [-0.15, -0.1) is 0 Å². The van der Waals surface area contributed by atoms with Crippen LogP contribution in [-0.4, -0.2) is 31.1 Å². The number of hydrogen-bond acceptors (Lipinski definition) is 5. The minimum atomic E-state index is -0.178. The van der Waals surface area contributed by atoms with E-state index in [4.69, 9.17) is 10.00 Å². The zero-order valence-electron chi connectivity index (χ0n) is 14.0. The maximum absolute atomic E-state index is 12.3. The minimum Gasteiger partial charge on any atom is -0.495 e. The number of nitrogens with one attached hydrogen (secondary N) is 1. The number of anilines is 2. The summed E-state index contributed by atoms with van der Waals surface area (Å²) in [5.74, 6) is 1.03. The van der Waals surface area contributed by atoms with Crippen LogP contribution in [0, 0.1) is 18.3 Å². The van der Waals surface area contributed by atoms with Gasteiger partial charge in [-0.2, -0.15) is 5.26 Å². The Morgan fingerprint density at radius 3 is 2.75 bits per heavy atom. The Bertz CT molecular complexity index is 768.